The van der Waals surface area contributed by atoms with Crippen LogP contribution in [0.2, 0.25) is 0 Å². The Kier molecular flexibility index (Phi) is 7.29. The quantitative estimate of drug-likeness (QED) is 0.557. The largest absolute Gasteiger partial charge is 0.480 e. The van der Waals surface area contributed by atoms with Gasteiger partial charge < -0.3 is 15.5 Å². The zero-order chi connectivity index (χ0) is 13.4. The van der Waals surface area contributed by atoms with Crippen LogP contribution >= 0.6 is 0 Å². The zero-order valence-corrected chi connectivity index (χ0v) is 10.6. The minimum absolute atomic E-state index is 0.141. The highest BCUT2D eigenvalue weighted by molar-refractivity contribution is 5.79. The second-order valence-electron chi connectivity index (χ2n) is 4.42. The highest BCUT2D eigenvalue weighted by atomic mass is 16.4. The number of hydrogen-bond donors (Lipinski definition) is 3. The number of carboxylic acid groups (broad SMARTS) is 2. The number of carbonyl (C=O) groups is 2. The van der Waals surface area contributed by atoms with Gasteiger partial charge in [0.1, 0.15) is 6.04 Å². The average Bonchev–Trinajstić information content (AvgIpc) is 2.20. The summed E-state index contributed by atoms with van der Waals surface area (Å²) in [6.45, 7) is 4.66. The molecule has 0 aliphatic heterocycles. The summed E-state index contributed by atoms with van der Waals surface area (Å²) < 4.78 is 0. The molecule has 17 heavy (non-hydrogen) atoms. The van der Waals surface area contributed by atoms with Crippen molar-refractivity contribution in [3.8, 4) is 0 Å². The number of nitrogens with one attached hydrogen (secondary N) is 1. The summed E-state index contributed by atoms with van der Waals surface area (Å²) in [5, 5.41) is 21.0. The summed E-state index contributed by atoms with van der Waals surface area (Å²) in [5.41, 5.74) is 0. The van der Waals surface area contributed by atoms with Gasteiger partial charge in [-0.3, -0.25) is 4.90 Å². The van der Waals surface area contributed by atoms with Crippen molar-refractivity contribution in [3.63, 3.8) is 0 Å². The lowest BCUT2D eigenvalue weighted by Gasteiger charge is -2.27. The van der Waals surface area contributed by atoms with Gasteiger partial charge in [-0.25, -0.2) is 9.59 Å². The Morgan fingerprint density at radius 2 is 1.88 bits per heavy atom. The van der Waals surface area contributed by atoms with Crippen LogP contribution in [-0.2, 0) is 4.79 Å². The third-order valence-corrected chi connectivity index (χ3v) is 2.43. The van der Waals surface area contributed by atoms with Crippen LogP contribution in [0.15, 0.2) is 0 Å². The molecule has 0 radical (unpaired) electrons. The summed E-state index contributed by atoms with van der Waals surface area (Å²) in [6, 6.07) is -0.954. The van der Waals surface area contributed by atoms with E-state index in [1.807, 2.05) is 13.8 Å². The molecule has 1 unspecified atom stereocenters. The molecule has 0 aliphatic rings. The third kappa shape index (κ3) is 6.11. The first-order chi connectivity index (χ1) is 7.90. The zero-order valence-electron chi connectivity index (χ0n) is 10.6. The first-order valence-electron chi connectivity index (χ1n) is 5.77. The Morgan fingerprint density at radius 1 is 1.29 bits per heavy atom. The molecule has 0 saturated carbocycles. The van der Waals surface area contributed by atoms with E-state index in [9.17, 15) is 9.59 Å². The van der Waals surface area contributed by atoms with E-state index in [2.05, 4.69) is 5.32 Å². The van der Waals surface area contributed by atoms with Crippen LogP contribution in [0.1, 0.15) is 26.7 Å². The van der Waals surface area contributed by atoms with Crippen LogP contribution in [0.3, 0.4) is 0 Å². The van der Waals surface area contributed by atoms with Crippen LogP contribution in [0, 0.1) is 5.92 Å². The van der Waals surface area contributed by atoms with Crippen molar-refractivity contribution in [2.24, 2.45) is 5.92 Å². The lowest BCUT2D eigenvalue weighted by molar-refractivity contribution is -0.143. The van der Waals surface area contributed by atoms with Gasteiger partial charge in [0, 0.05) is 6.54 Å². The van der Waals surface area contributed by atoms with E-state index in [4.69, 9.17) is 10.2 Å². The molecular weight excluding hydrogens is 224 g/mol. The Hall–Kier alpha value is -1.30. The van der Waals surface area contributed by atoms with Gasteiger partial charge in [-0.05, 0) is 32.4 Å². The molecule has 0 aromatic heterocycles. The second kappa shape index (κ2) is 7.89. The van der Waals surface area contributed by atoms with E-state index in [1.54, 1.807) is 7.05 Å². The third-order valence-electron chi connectivity index (χ3n) is 2.43. The monoisotopic (exact) mass is 246 g/mol. The minimum Gasteiger partial charge on any atom is -0.480 e. The van der Waals surface area contributed by atoms with E-state index in [1.165, 1.54) is 0 Å². The van der Waals surface area contributed by atoms with Gasteiger partial charge in [0.15, 0.2) is 0 Å². The van der Waals surface area contributed by atoms with E-state index < -0.39 is 18.1 Å². The molecule has 0 rings (SSSR count). The summed E-state index contributed by atoms with van der Waals surface area (Å²) in [6.07, 6.45) is -0.236. The molecule has 1 atom stereocenters. The van der Waals surface area contributed by atoms with Gasteiger partial charge in [0.25, 0.3) is 0 Å². The maximum atomic E-state index is 11.1. The number of amides is 1. The van der Waals surface area contributed by atoms with E-state index in [-0.39, 0.29) is 12.5 Å². The maximum Gasteiger partial charge on any atom is 0.408 e. The van der Waals surface area contributed by atoms with Crippen molar-refractivity contribution in [2.45, 2.75) is 32.7 Å². The SMILES string of the molecule is CNCCCN(C(=O)O)C(CC(C)C)C(=O)O. The molecule has 0 saturated heterocycles. The Balaban J connectivity index is 4.59. The lowest BCUT2D eigenvalue weighted by Crippen LogP contribution is -2.46. The number of rotatable bonds is 8. The van der Waals surface area contributed by atoms with E-state index in [0.29, 0.717) is 19.4 Å². The molecule has 100 valence electrons. The molecule has 3 N–H and O–H groups in total. The second-order valence-corrected chi connectivity index (χ2v) is 4.42. The van der Waals surface area contributed by atoms with Gasteiger partial charge >= 0.3 is 12.1 Å². The van der Waals surface area contributed by atoms with Crippen LogP contribution in [0.25, 0.3) is 0 Å². The first kappa shape index (κ1) is 15.7. The van der Waals surface area contributed by atoms with Gasteiger partial charge in [0.05, 0.1) is 0 Å². The number of carboxylic acids is 1. The molecule has 1 amide bonds. The van der Waals surface area contributed by atoms with E-state index >= 15 is 0 Å². The summed E-state index contributed by atoms with van der Waals surface area (Å²) in [7, 11) is 1.77. The molecule has 0 fully saturated rings. The molecule has 6 heteroatoms. The van der Waals surface area contributed by atoms with Crippen molar-refractivity contribution in [1.29, 1.82) is 0 Å². The van der Waals surface area contributed by atoms with Crippen molar-refractivity contribution in [3.05, 3.63) is 0 Å². The predicted octanol–water partition coefficient (Wildman–Crippen LogP) is 1.08. The van der Waals surface area contributed by atoms with Crippen LogP contribution in [0.4, 0.5) is 4.79 Å². The fourth-order valence-electron chi connectivity index (χ4n) is 1.62. The number of hydrogen-bond acceptors (Lipinski definition) is 3. The Labute approximate surface area is 102 Å². The van der Waals surface area contributed by atoms with Gasteiger partial charge in [0.2, 0.25) is 0 Å². The fourth-order valence-corrected chi connectivity index (χ4v) is 1.62. The fraction of sp³-hybridized carbons (Fsp3) is 0.818. The molecule has 0 bridgehead atoms. The highest BCUT2D eigenvalue weighted by Gasteiger charge is 2.29. The lowest BCUT2D eigenvalue weighted by atomic mass is 10.0. The maximum absolute atomic E-state index is 11.1. The highest BCUT2D eigenvalue weighted by Crippen LogP contribution is 2.13. The van der Waals surface area contributed by atoms with Crippen LogP contribution < -0.4 is 5.32 Å². The van der Waals surface area contributed by atoms with Gasteiger partial charge in [-0.1, -0.05) is 13.8 Å². The minimum atomic E-state index is -1.17. The summed E-state index contributed by atoms with van der Waals surface area (Å²) >= 11 is 0. The number of nitrogens with zero attached hydrogens (tertiary/aromatic N) is 1. The van der Waals surface area contributed by atoms with Crippen LogP contribution in [-0.4, -0.2) is 53.4 Å². The molecule has 0 spiro atoms. The number of aliphatic carboxylic acids is 1. The van der Waals surface area contributed by atoms with E-state index in [0.717, 1.165) is 4.90 Å². The van der Waals surface area contributed by atoms with Gasteiger partial charge in [-0.15, -0.1) is 0 Å². The van der Waals surface area contributed by atoms with Crippen molar-refractivity contribution in [2.75, 3.05) is 20.1 Å². The van der Waals surface area contributed by atoms with Crippen LogP contribution in [0.5, 0.6) is 0 Å². The first-order valence-corrected chi connectivity index (χ1v) is 5.77. The summed E-state index contributed by atoms with van der Waals surface area (Å²) in [5.74, 6) is -0.937. The molecule has 0 heterocycles. The van der Waals surface area contributed by atoms with Crippen molar-refractivity contribution < 1.29 is 19.8 Å². The van der Waals surface area contributed by atoms with Gasteiger partial charge in [-0.2, -0.15) is 0 Å². The van der Waals surface area contributed by atoms with Crippen molar-refractivity contribution >= 4 is 12.1 Å². The molecule has 6 nitrogen and oxygen atoms in total. The summed E-state index contributed by atoms with van der Waals surface area (Å²) in [4.78, 5) is 23.2. The van der Waals surface area contributed by atoms with Crippen molar-refractivity contribution in [1.82, 2.24) is 10.2 Å². The smallest absolute Gasteiger partial charge is 0.408 e. The Morgan fingerprint density at radius 3 is 2.24 bits per heavy atom. The Bertz CT molecular complexity index is 256. The molecule has 0 aromatic rings. The topological polar surface area (TPSA) is 89.9 Å². The average molecular weight is 246 g/mol. The molecule has 0 aliphatic carbocycles. The molecule has 0 aromatic carbocycles. The predicted molar refractivity (Wildman–Crippen MR) is 64.2 cm³/mol. The molecular formula is C11H22N2O4. The standard InChI is InChI=1S/C11H22N2O4/c1-8(2)7-9(10(14)15)13(11(16)17)6-4-5-12-3/h8-9,12H,4-7H2,1-3H3,(H,14,15)(H,16,17). The normalized spacial score (nSPS) is 12.5.